The molecule has 3 aromatic carbocycles. The highest BCUT2D eigenvalue weighted by molar-refractivity contribution is 7.99. The molecule has 0 nitrogen and oxygen atoms in total. The molecular formula is C21H18S. The summed E-state index contributed by atoms with van der Waals surface area (Å²) in [7, 11) is 0. The highest BCUT2D eigenvalue weighted by Crippen LogP contribution is 2.29. The van der Waals surface area contributed by atoms with Gasteiger partial charge in [-0.1, -0.05) is 78.5 Å². The minimum absolute atomic E-state index is 1.06. The van der Waals surface area contributed by atoms with E-state index < -0.39 is 0 Å². The monoisotopic (exact) mass is 302 g/mol. The van der Waals surface area contributed by atoms with E-state index in [2.05, 4.69) is 74.2 Å². The molecule has 0 atom stereocenters. The van der Waals surface area contributed by atoms with Gasteiger partial charge in [-0.25, -0.2) is 0 Å². The maximum absolute atomic E-state index is 4.21. The van der Waals surface area contributed by atoms with Crippen molar-refractivity contribution >= 4 is 17.3 Å². The summed E-state index contributed by atoms with van der Waals surface area (Å²) in [5.41, 5.74) is 4.69. The van der Waals surface area contributed by atoms with Gasteiger partial charge in [0.1, 0.15) is 0 Å². The highest BCUT2D eigenvalue weighted by Gasteiger charge is 2.03. The SMILES string of the molecule is C=C(c1ccccc1)c1ccc(Sc2ccc(C)cc2)cc1. The summed E-state index contributed by atoms with van der Waals surface area (Å²) in [4.78, 5) is 2.51. The zero-order chi connectivity index (χ0) is 15.4. The molecular weight excluding hydrogens is 284 g/mol. The van der Waals surface area contributed by atoms with E-state index in [0.29, 0.717) is 0 Å². The molecule has 0 bridgehead atoms. The van der Waals surface area contributed by atoms with Crippen molar-refractivity contribution in [3.05, 3.63) is 102 Å². The van der Waals surface area contributed by atoms with E-state index in [9.17, 15) is 0 Å². The molecule has 3 aromatic rings. The van der Waals surface area contributed by atoms with Gasteiger partial charge in [-0.2, -0.15) is 0 Å². The Balaban J connectivity index is 1.75. The van der Waals surface area contributed by atoms with Crippen molar-refractivity contribution in [3.8, 4) is 0 Å². The fourth-order valence-electron chi connectivity index (χ4n) is 2.27. The van der Waals surface area contributed by atoms with Crippen LogP contribution >= 0.6 is 11.8 Å². The Labute approximate surface area is 136 Å². The third-order valence-corrected chi connectivity index (χ3v) is 4.60. The Morgan fingerprint density at radius 3 is 1.77 bits per heavy atom. The van der Waals surface area contributed by atoms with Crippen LogP contribution in [-0.2, 0) is 0 Å². The van der Waals surface area contributed by atoms with Crippen LogP contribution in [0.3, 0.4) is 0 Å². The van der Waals surface area contributed by atoms with Gasteiger partial charge in [0.05, 0.1) is 0 Å². The smallest absolute Gasteiger partial charge is 0.0122 e. The predicted molar refractivity (Wildman–Crippen MR) is 96.3 cm³/mol. The van der Waals surface area contributed by atoms with Crippen LogP contribution in [0.5, 0.6) is 0 Å². The third-order valence-electron chi connectivity index (χ3n) is 3.58. The Hall–Kier alpha value is -2.25. The molecule has 0 heterocycles. The van der Waals surface area contributed by atoms with Crippen LogP contribution in [0.1, 0.15) is 16.7 Å². The normalized spacial score (nSPS) is 10.4. The van der Waals surface area contributed by atoms with E-state index in [0.717, 1.165) is 5.57 Å². The molecule has 0 N–H and O–H groups in total. The summed E-state index contributed by atoms with van der Waals surface area (Å²) in [6.45, 7) is 6.32. The van der Waals surface area contributed by atoms with Crippen LogP contribution in [0.25, 0.3) is 5.57 Å². The van der Waals surface area contributed by atoms with Gasteiger partial charge in [0, 0.05) is 9.79 Å². The summed E-state index contributed by atoms with van der Waals surface area (Å²) in [5.74, 6) is 0. The van der Waals surface area contributed by atoms with Crippen molar-refractivity contribution in [2.24, 2.45) is 0 Å². The lowest BCUT2D eigenvalue weighted by Gasteiger charge is -2.08. The average molecular weight is 302 g/mol. The molecule has 108 valence electrons. The Kier molecular flexibility index (Phi) is 4.45. The van der Waals surface area contributed by atoms with Crippen molar-refractivity contribution < 1.29 is 0 Å². The molecule has 0 aliphatic rings. The molecule has 1 heteroatoms. The summed E-state index contributed by atoms with van der Waals surface area (Å²) < 4.78 is 0. The molecule has 0 unspecified atom stereocenters. The van der Waals surface area contributed by atoms with Gasteiger partial charge < -0.3 is 0 Å². The minimum atomic E-state index is 1.06. The summed E-state index contributed by atoms with van der Waals surface area (Å²) >= 11 is 1.78. The number of rotatable bonds is 4. The van der Waals surface area contributed by atoms with Gasteiger partial charge in [-0.3, -0.25) is 0 Å². The molecule has 22 heavy (non-hydrogen) atoms. The molecule has 0 saturated heterocycles. The topological polar surface area (TPSA) is 0 Å². The molecule has 0 radical (unpaired) electrons. The maximum Gasteiger partial charge on any atom is 0.0122 e. The minimum Gasteiger partial charge on any atom is -0.0906 e. The largest absolute Gasteiger partial charge is 0.0906 e. The first kappa shape index (κ1) is 14.7. The van der Waals surface area contributed by atoms with E-state index in [1.807, 2.05) is 18.2 Å². The zero-order valence-electron chi connectivity index (χ0n) is 12.6. The Morgan fingerprint density at radius 2 is 1.18 bits per heavy atom. The molecule has 0 aliphatic heterocycles. The lowest BCUT2D eigenvalue weighted by molar-refractivity contribution is 1.36. The number of hydrogen-bond donors (Lipinski definition) is 0. The fraction of sp³-hybridized carbons (Fsp3) is 0.0476. The summed E-state index contributed by atoms with van der Waals surface area (Å²) in [5, 5.41) is 0. The van der Waals surface area contributed by atoms with Crippen LogP contribution in [0.15, 0.2) is 95.2 Å². The van der Waals surface area contributed by atoms with Gasteiger partial charge in [0.15, 0.2) is 0 Å². The van der Waals surface area contributed by atoms with Crippen molar-refractivity contribution in [2.75, 3.05) is 0 Å². The van der Waals surface area contributed by atoms with E-state index >= 15 is 0 Å². The first-order valence-electron chi connectivity index (χ1n) is 7.32. The number of benzene rings is 3. The second kappa shape index (κ2) is 6.67. The molecule has 0 aliphatic carbocycles. The number of aryl methyl sites for hydroxylation is 1. The van der Waals surface area contributed by atoms with Crippen LogP contribution in [0, 0.1) is 6.92 Å². The zero-order valence-corrected chi connectivity index (χ0v) is 13.4. The van der Waals surface area contributed by atoms with Crippen LogP contribution < -0.4 is 0 Å². The van der Waals surface area contributed by atoms with Crippen molar-refractivity contribution in [1.82, 2.24) is 0 Å². The lowest BCUT2D eigenvalue weighted by atomic mass is 10.00. The van der Waals surface area contributed by atoms with Gasteiger partial charge >= 0.3 is 0 Å². The molecule has 0 amide bonds. The quantitative estimate of drug-likeness (QED) is 0.552. The van der Waals surface area contributed by atoms with Crippen molar-refractivity contribution in [1.29, 1.82) is 0 Å². The standard InChI is InChI=1S/C21H18S/c1-16-8-12-20(13-9-16)22-21-14-10-19(11-15-21)17(2)18-6-4-3-5-7-18/h3-15H,2H2,1H3. The maximum atomic E-state index is 4.21. The average Bonchev–Trinajstić information content (AvgIpc) is 2.58. The van der Waals surface area contributed by atoms with Gasteiger partial charge in [0.2, 0.25) is 0 Å². The first-order chi connectivity index (χ1) is 10.7. The Bertz CT molecular complexity index is 753. The summed E-state index contributed by atoms with van der Waals surface area (Å²) in [6, 6.07) is 27.5. The first-order valence-corrected chi connectivity index (χ1v) is 8.13. The fourth-order valence-corrected chi connectivity index (χ4v) is 3.09. The van der Waals surface area contributed by atoms with Gasteiger partial charge in [-0.05, 0) is 47.9 Å². The van der Waals surface area contributed by atoms with E-state index in [1.54, 1.807) is 11.8 Å². The lowest BCUT2D eigenvalue weighted by Crippen LogP contribution is -1.85. The van der Waals surface area contributed by atoms with Crippen LogP contribution in [0.2, 0.25) is 0 Å². The molecule has 0 spiro atoms. The van der Waals surface area contributed by atoms with Crippen molar-refractivity contribution in [3.63, 3.8) is 0 Å². The Morgan fingerprint density at radius 1 is 0.682 bits per heavy atom. The van der Waals surface area contributed by atoms with Crippen LogP contribution in [0.4, 0.5) is 0 Å². The van der Waals surface area contributed by atoms with Crippen molar-refractivity contribution in [2.45, 2.75) is 16.7 Å². The molecule has 0 saturated carbocycles. The van der Waals surface area contributed by atoms with E-state index in [1.165, 1.54) is 26.5 Å². The predicted octanol–water partition coefficient (Wildman–Crippen LogP) is 6.21. The van der Waals surface area contributed by atoms with E-state index in [4.69, 9.17) is 0 Å². The summed E-state index contributed by atoms with van der Waals surface area (Å²) in [6.07, 6.45) is 0. The van der Waals surface area contributed by atoms with Gasteiger partial charge in [-0.15, -0.1) is 0 Å². The van der Waals surface area contributed by atoms with Crippen LogP contribution in [-0.4, -0.2) is 0 Å². The number of hydrogen-bond acceptors (Lipinski definition) is 1. The second-order valence-corrected chi connectivity index (χ2v) is 6.43. The molecule has 0 aromatic heterocycles. The third kappa shape index (κ3) is 3.49. The second-order valence-electron chi connectivity index (χ2n) is 5.28. The van der Waals surface area contributed by atoms with E-state index in [-0.39, 0.29) is 0 Å². The van der Waals surface area contributed by atoms with Gasteiger partial charge in [0.25, 0.3) is 0 Å². The highest BCUT2D eigenvalue weighted by atomic mass is 32.2. The molecule has 0 fully saturated rings. The molecule has 3 rings (SSSR count).